The molecule has 0 bridgehead atoms. The van der Waals surface area contributed by atoms with E-state index >= 15 is 0 Å². The molecular formula is C53H36N2. The van der Waals surface area contributed by atoms with Crippen LogP contribution in [0.4, 0.5) is 17.1 Å². The van der Waals surface area contributed by atoms with E-state index in [1.165, 1.54) is 66.0 Å². The SMILES string of the molecule is c1ccc(-n2c3ccccc3c3cc(N(c4ccc5c(c4)C(c4ccccc4)(c4ccccc4)c4ccccc4-5)c4cccc5ccccc45)ccc32)cc1. The van der Waals surface area contributed by atoms with E-state index in [-0.39, 0.29) is 0 Å². The van der Waals surface area contributed by atoms with Crippen molar-refractivity contribution in [2.75, 3.05) is 4.90 Å². The Hall–Kier alpha value is -7.16. The first kappa shape index (κ1) is 31.4. The van der Waals surface area contributed by atoms with Gasteiger partial charge in [-0.25, -0.2) is 0 Å². The van der Waals surface area contributed by atoms with Crippen molar-refractivity contribution < 1.29 is 0 Å². The quantitative estimate of drug-likeness (QED) is 0.168. The highest BCUT2D eigenvalue weighted by Crippen LogP contribution is 2.57. The fourth-order valence-corrected chi connectivity index (χ4v) is 9.36. The maximum absolute atomic E-state index is 2.47. The van der Waals surface area contributed by atoms with Gasteiger partial charge in [-0.3, -0.25) is 0 Å². The van der Waals surface area contributed by atoms with Crippen LogP contribution in [0, 0.1) is 0 Å². The summed E-state index contributed by atoms with van der Waals surface area (Å²) in [5.41, 5.74) is 14.1. The summed E-state index contributed by atoms with van der Waals surface area (Å²) in [6, 6.07) is 80.1. The van der Waals surface area contributed by atoms with Crippen LogP contribution in [0.1, 0.15) is 22.3 Å². The van der Waals surface area contributed by atoms with E-state index < -0.39 is 5.41 Å². The number of para-hydroxylation sites is 2. The summed E-state index contributed by atoms with van der Waals surface area (Å²) in [7, 11) is 0. The summed E-state index contributed by atoms with van der Waals surface area (Å²) in [6.45, 7) is 0. The summed E-state index contributed by atoms with van der Waals surface area (Å²) in [6.07, 6.45) is 0. The summed E-state index contributed by atoms with van der Waals surface area (Å²) in [5, 5.41) is 4.87. The fourth-order valence-electron chi connectivity index (χ4n) is 9.36. The summed E-state index contributed by atoms with van der Waals surface area (Å²) in [5.74, 6) is 0. The molecule has 2 nitrogen and oxygen atoms in total. The molecule has 55 heavy (non-hydrogen) atoms. The summed E-state index contributed by atoms with van der Waals surface area (Å²) < 4.78 is 2.39. The fraction of sp³-hybridized carbons (Fsp3) is 0.0189. The number of anilines is 3. The van der Waals surface area contributed by atoms with Crippen molar-refractivity contribution in [3.8, 4) is 16.8 Å². The van der Waals surface area contributed by atoms with E-state index in [0.29, 0.717) is 0 Å². The molecule has 0 saturated heterocycles. The molecule has 1 aromatic heterocycles. The minimum absolute atomic E-state index is 0.498. The van der Waals surface area contributed by atoms with Gasteiger partial charge < -0.3 is 9.47 Å². The molecule has 1 aliphatic rings. The molecule has 0 N–H and O–H groups in total. The van der Waals surface area contributed by atoms with Crippen LogP contribution in [0.15, 0.2) is 218 Å². The molecule has 0 aliphatic heterocycles. The Morgan fingerprint density at radius 3 is 1.71 bits per heavy atom. The van der Waals surface area contributed by atoms with Gasteiger partial charge >= 0.3 is 0 Å². The number of rotatable bonds is 6. The van der Waals surface area contributed by atoms with Crippen molar-refractivity contribution in [2.24, 2.45) is 0 Å². The van der Waals surface area contributed by atoms with Crippen molar-refractivity contribution >= 4 is 49.6 Å². The topological polar surface area (TPSA) is 8.17 Å². The highest BCUT2D eigenvalue weighted by Gasteiger charge is 2.46. The molecule has 0 spiro atoms. The van der Waals surface area contributed by atoms with Crippen LogP contribution in [0.3, 0.4) is 0 Å². The molecule has 0 radical (unpaired) electrons. The first-order valence-corrected chi connectivity index (χ1v) is 19.0. The third-order valence-electron chi connectivity index (χ3n) is 11.6. The lowest BCUT2D eigenvalue weighted by molar-refractivity contribution is 0.768. The lowest BCUT2D eigenvalue weighted by Crippen LogP contribution is -2.28. The largest absolute Gasteiger partial charge is 0.310 e. The van der Waals surface area contributed by atoms with Crippen LogP contribution >= 0.6 is 0 Å². The van der Waals surface area contributed by atoms with Gasteiger partial charge in [-0.1, -0.05) is 164 Å². The van der Waals surface area contributed by atoms with E-state index in [1.54, 1.807) is 0 Å². The lowest BCUT2D eigenvalue weighted by atomic mass is 9.67. The van der Waals surface area contributed by atoms with Gasteiger partial charge in [0.15, 0.2) is 0 Å². The minimum Gasteiger partial charge on any atom is -0.310 e. The zero-order valence-electron chi connectivity index (χ0n) is 30.2. The predicted molar refractivity (Wildman–Crippen MR) is 230 cm³/mol. The Kier molecular flexibility index (Phi) is 7.11. The normalized spacial score (nSPS) is 12.9. The van der Waals surface area contributed by atoms with Crippen molar-refractivity contribution in [1.29, 1.82) is 0 Å². The van der Waals surface area contributed by atoms with E-state index in [4.69, 9.17) is 0 Å². The predicted octanol–water partition coefficient (Wildman–Crippen LogP) is 13.8. The number of aromatic nitrogens is 1. The van der Waals surface area contributed by atoms with Gasteiger partial charge in [-0.05, 0) is 93.4 Å². The maximum Gasteiger partial charge on any atom is 0.0714 e. The van der Waals surface area contributed by atoms with Crippen molar-refractivity contribution in [2.45, 2.75) is 5.41 Å². The van der Waals surface area contributed by atoms with Gasteiger partial charge in [0.25, 0.3) is 0 Å². The number of hydrogen-bond acceptors (Lipinski definition) is 1. The smallest absolute Gasteiger partial charge is 0.0714 e. The number of nitrogens with zero attached hydrogens (tertiary/aromatic N) is 2. The van der Waals surface area contributed by atoms with Gasteiger partial charge in [0.1, 0.15) is 0 Å². The van der Waals surface area contributed by atoms with E-state index in [0.717, 1.165) is 22.7 Å². The minimum atomic E-state index is -0.498. The number of benzene rings is 9. The lowest BCUT2D eigenvalue weighted by Gasteiger charge is -2.35. The Labute approximate surface area is 320 Å². The molecule has 11 rings (SSSR count). The van der Waals surface area contributed by atoms with Gasteiger partial charge in [0.05, 0.1) is 22.1 Å². The van der Waals surface area contributed by atoms with Gasteiger partial charge in [0, 0.05) is 33.2 Å². The second-order valence-corrected chi connectivity index (χ2v) is 14.5. The first-order chi connectivity index (χ1) is 27.3. The van der Waals surface area contributed by atoms with E-state index in [2.05, 4.69) is 228 Å². The zero-order chi connectivity index (χ0) is 36.3. The molecule has 0 unspecified atom stereocenters. The average Bonchev–Trinajstić information content (AvgIpc) is 3.75. The first-order valence-electron chi connectivity index (χ1n) is 19.0. The highest BCUT2D eigenvalue weighted by atomic mass is 15.1. The van der Waals surface area contributed by atoms with Crippen molar-refractivity contribution in [3.63, 3.8) is 0 Å². The Bertz CT molecular complexity index is 2990. The van der Waals surface area contributed by atoms with Gasteiger partial charge in [-0.2, -0.15) is 0 Å². The van der Waals surface area contributed by atoms with Crippen LogP contribution in [0.5, 0.6) is 0 Å². The Balaban J connectivity index is 1.21. The molecule has 0 amide bonds. The molecule has 1 aliphatic carbocycles. The zero-order valence-corrected chi connectivity index (χ0v) is 30.2. The van der Waals surface area contributed by atoms with Crippen LogP contribution in [0.2, 0.25) is 0 Å². The van der Waals surface area contributed by atoms with Crippen molar-refractivity contribution in [3.05, 3.63) is 241 Å². The molecule has 1 heterocycles. The molecular weight excluding hydrogens is 665 g/mol. The second-order valence-electron chi connectivity index (χ2n) is 14.5. The average molecular weight is 701 g/mol. The maximum atomic E-state index is 2.47. The number of hydrogen-bond donors (Lipinski definition) is 0. The Morgan fingerprint density at radius 1 is 0.364 bits per heavy atom. The third-order valence-corrected chi connectivity index (χ3v) is 11.6. The summed E-state index contributed by atoms with van der Waals surface area (Å²) in [4.78, 5) is 2.47. The monoisotopic (exact) mass is 700 g/mol. The number of fused-ring (bicyclic) bond motifs is 7. The van der Waals surface area contributed by atoms with Crippen LogP contribution in [-0.4, -0.2) is 4.57 Å². The standard InChI is InChI=1S/C53H36N2/c1-4-19-38(20-5-1)53(39-21-6-2-7-22-39)48-28-14-12-26-44(48)45-33-31-42(36-49(45)53)54(50-30-16-18-37-17-10-11-25-43(37)50)41-32-34-52-47(35-41)46-27-13-15-29-51(46)55(52)40-23-8-3-9-24-40/h1-36H. The Morgan fingerprint density at radius 2 is 0.927 bits per heavy atom. The molecule has 2 heteroatoms. The van der Waals surface area contributed by atoms with Crippen LogP contribution in [0.25, 0.3) is 49.4 Å². The van der Waals surface area contributed by atoms with E-state index in [1.807, 2.05) is 0 Å². The van der Waals surface area contributed by atoms with Crippen LogP contribution in [-0.2, 0) is 5.41 Å². The van der Waals surface area contributed by atoms with Crippen molar-refractivity contribution in [1.82, 2.24) is 4.57 Å². The van der Waals surface area contributed by atoms with E-state index in [9.17, 15) is 0 Å². The third kappa shape index (κ3) is 4.68. The van der Waals surface area contributed by atoms with Gasteiger partial charge in [-0.15, -0.1) is 0 Å². The summed E-state index contributed by atoms with van der Waals surface area (Å²) >= 11 is 0. The second kappa shape index (κ2) is 12.5. The highest BCUT2D eigenvalue weighted by molar-refractivity contribution is 6.11. The molecule has 10 aromatic rings. The molecule has 9 aromatic carbocycles. The molecule has 0 saturated carbocycles. The van der Waals surface area contributed by atoms with Crippen LogP contribution < -0.4 is 4.90 Å². The molecule has 0 fully saturated rings. The van der Waals surface area contributed by atoms with Gasteiger partial charge in [0.2, 0.25) is 0 Å². The molecule has 0 atom stereocenters. The molecule has 258 valence electrons.